The fourth-order valence-corrected chi connectivity index (χ4v) is 2.16. The van der Waals surface area contributed by atoms with Crippen LogP contribution in [0.2, 0.25) is 10.0 Å². The smallest absolute Gasteiger partial charge is 0.242 e. The number of nitrogens with two attached hydrogens (primary N) is 2. The van der Waals surface area contributed by atoms with Crippen molar-refractivity contribution in [3.05, 3.63) is 28.2 Å². The second-order valence-corrected chi connectivity index (χ2v) is 5.74. The predicted octanol–water partition coefficient (Wildman–Crippen LogP) is 0.0564. The van der Waals surface area contributed by atoms with Crippen LogP contribution in [0, 0.1) is 0 Å². The number of anilines is 2. The highest BCUT2D eigenvalue weighted by Gasteiger charge is 2.12. The predicted molar refractivity (Wildman–Crippen MR) is 92.6 cm³/mol. The lowest BCUT2D eigenvalue weighted by atomic mass is 10.1. The molecule has 140 valence electrons. The molecule has 0 saturated heterocycles. The summed E-state index contributed by atoms with van der Waals surface area (Å²) in [5.41, 5.74) is 12.0. The van der Waals surface area contributed by atoms with Crippen LogP contribution in [0.4, 0.5) is 11.8 Å². The van der Waals surface area contributed by atoms with Gasteiger partial charge in [-0.25, -0.2) is 0 Å². The summed E-state index contributed by atoms with van der Waals surface area (Å²) in [5, 5.41) is 27.8. The van der Waals surface area contributed by atoms with Gasteiger partial charge in [0.15, 0.2) is 5.82 Å². The van der Waals surface area contributed by atoms with Crippen LogP contribution in [0.3, 0.4) is 0 Å². The summed E-state index contributed by atoms with van der Waals surface area (Å²) in [4.78, 5) is 23.3. The van der Waals surface area contributed by atoms with E-state index in [1.54, 1.807) is 18.2 Å². The summed E-state index contributed by atoms with van der Waals surface area (Å²) < 4.78 is 0. The molecule has 11 heteroatoms. The first-order valence-corrected chi connectivity index (χ1v) is 8.07. The number of benzene rings is 1. The average Bonchev–Trinajstić information content (AvgIpc) is 2.55. The number of carboxylic acids is 2. The number of hydrogen-bond donors (Lipinski definition) is 2. The zero-order valence-corrected chi connectivity index (χ0v) is 15.0. The summed E-state index contributed by atoms with van der Waals surface area (Å²) in [6.45, 7) is 0. The highest BCUT2D eigenvalue weighted by Crippen LogP contribution is 2.34. The molecular formula is C15H15Cl2N5O4-2. The number of unbranched alkanes of at least 4 members (excludes halogenated alkanes) is 1. The minimum absolute atomic E-state index is 0.0133. The Morgan fingerprint density at radius 2 is 1.58 bits per heavy atom. The van der Waals surface area contributed by atoms with Gasteiger partial charge >= 0.3 is 0 Å². The largest absolute Gasteiger partial charge is 0.550 e. The number of nitrogen functional groups attached to an aromatic ring is 2. The van der Waals surface area contributed by atoms with Gasteiger partial charge in [0.05, 0.1) is 10.0 Å². The molecule has 0 fully saturated rings. The van der Waals surface area contributed by atoms with Gasteiger partial charge in [-0.3, -0.25) is 0 Å². The van der Waals surface area contributed by atoms with Crippen molar-refractivity contribution in [1.29, 1.82) is 0 Å². The molecule has 0 atom stereocenters. The van der Waals surface area contributed by atoms with E-state index >= 15 is 0 Å². The van der Waals surface area contributed by atoms with Gasteiger partial charge in [0.1, 0.15) is 5.69 Å². The third-order valence-electron chi connectivity index (χ3n) is 2.95. The Hall–Kier alpha value is -2.65. The topological polar surface area (TPSA) is 171 Å². The molecule has 2 rings (SSSR count). The fraction of sp³-hybridized carbons (Fsp3) is 0.267. The van der Waals surface area contributed by atoms with Gasteiger partial charge in [0.25, 0.3) is 0 Å². The second-order valence-electron chi connectivity index (χ2n) is 4.96. The van der Waals surface area contributed by atoms with E-state index in [4.69, 9.17) is 34.7 Å². The maximum absolute atomic E-state index is 9.77. The van der Waals surface area contributed by atoms with Crippen molar-refractivity contribution in [2.45, 2.75) is 25.7 Å². The molecule has 0 aliphatic heterocycles. The lowest BCUT2D eigenvalue weighted by Gasteiger charge is -2.06. The zero-order chi connectivity index (χ0) is 19.7. The van der Waals surface area contributed by atoms with Crippen molar-refractivity contribution in [1.82, 2.24) is 15.2 Å². The molecule has 2 aromatic rings. The normalized spacial score (nSPS) is 9.92. The SMILES string of the molecule is Nc1nnc(-c2cccc(Cl)c2Cl)c(N)n1.O=C([O-])CCCCC(=O)[O-]. The number of aromatic nitrogens is 3. The van der Waals surface area contributed by atoms with Gasteiger partial charge in [-0.05, 0) is 31.7 Å². The molecule has 9 nitrogen and oxygen atoms in total. The van der Waals surface area contributed by atoms with Crippen LogP contribution in [-0.2, 0) is 9.59 Å². The molecule has 1 aromatic heterocycles. The van der Waals surface area contributed by atoms with Crippen LogP contribution in [0.25, 0.3) is 11.3 Å². The lowest BCUT2D eigenvalue weighted by molar-refractivity contribution is -0.308. The van der Waals surface area contributed by atoms with Crippen LogP contribution in [0.15, 0.2) is 18.2 Å². The molecule has 0 aliphatic carbocycles. The van der Waals surface area contributed by atoms with Gasteiger partial charge in [0.2, 0.25) is 5.95 Å². The van der Waals surface area contributed by atoms with Crippen LogP contribution >= 0.6 is 23.2 Å². The van der Waals surface area contributed by atoms with Crippen LogP contribution in [0.5, 0.6) is 0 Å². The Bertz CT molecular complexity index is 773. The van der Waals surface area contributed by atoms with Gasteiger partial charge in [-0.1, -0.05) is 35.3 Å². The van der Waals surface area contributed by atoms with Crippen molar-refractivity contribution in [2.24, 2.45) is 0 Å². The van der Waals surface area contributed by atoms with E-state index in [2.05, 4.69) is 15.2 Å². The second kappa shape index (κ2) is 10.4. The Morgan fingerprint density at radius 3 is 2.08 bits per heavy atom. The third kappa shape index (κ3) is 7.08. The van der Waals surface area contributed by atoms with E-state index in [0.717, 1.165) is 0 Å². The number of carbonyl (C=O) groups is 2. The molecule has 1 heterocycles. The number of hydrogen-bond acceptors (Lipinski definition) is 9. The van der Waals surface area contributed by atoms with E-state index < -0.39 is 11.9 Å². The van der Waals surface area contributed by atoms with Crippen LogP contribution in [-0.4, -0.2) is 27.1 Å². The molecule has 1 aromatic carbocycles. The molecule has 26 heavy (non-hydrogen) atoms. The van der Waals surface area contributed by atoms with Crippen molar-refractivity contribution >= 4 is 46.9 Å². The molecule has 0 unspecified atom stereocenters. The van der Waals surface area contributed by atoms with Crippen molar-refractivity contribution in [3.8, 4) is 11.3 Å². The number of carbonyl (C=O) groups excluding carboxylic acids is 2. The van der Waals surface area contributed by atoms with Crippen LogP contribution < -0.4 is 21.7 Å². The van der Waals surface area contributed by atoms with Crippen molar-refractivity contribution < 1.29 is 19.8 Å². The lowest BCUT2D eigenvalue weighted by Crippen LogP contribution is -2.23. The standard InChI is InChI=1S/C9H7Cl2N5.C6H10O4/c10-5-3-1-2-4(6(5)11)7-8(12)14-9(13)16-15-7;7-5(8)3-1-2-4-6(9)10/h1-3H,(H4,12,13,14,16);1-4H2,(H,7,8)(H,9,10)/p-2. The maximum atomic E-state index is 9.77. The molecule has 0 radical (unpaired) electrons. The first-order valence-electron chi connectivity index (χ1n) is 7.32. The van der Waals surface area contributed by atoms with E-state index in [1.807, 2.05) is 0 Å². The Morgan fingerprint density at radius 1 is 1.00 bits per heavy atom. The summed E-state index contributed by atoms with van der Waals surface area (Å²) in [7, 11) is 0. The first-order chi connectivity index (χ1) is 12.2. The highest BCUT2D eigenvalue weighted by atomic mass is 35.5. The van der Waals surface area contributed by atoms with Crippen molar-refractivity contribution in [3.63, 3.8) is 0 Å². The number of rotatable bonds is 6. The minimum atomic E-state index is -1.14. The molecule has 0 aliphatic rings. The summed E-state index contributed by atoms with van der Waals surface area (Å²) in [6.07, 6.45) is 0.535. The first kappa shape index (κ1) is 21.4. The summed E-state index contributed by atoms with van der Waals surface area (Å²) in [5.74, 6) is -2.10. The van der Waals surface area contributed by atoms with Gasteiger partial charge in [0, 0.05) is 17.5 Å². The summed E-state index contributed by atoms with van der Waals surface area (Å²) in [6, 6.07) is 5.13. The quantitative estimate of drug-likeness (QED) is 0.636. The Balaban J connectivity index is 0.000000294. The van der Waals surface area contributed by atoms with Gasteiger partial charge in [-0.15, -0.1) is 10.2 Å². The highest BCUT2D eigenvalue weighted by molar-refractivity contribution is 6.43. The number of aliphatic carboxylic acids is 2. The minimum Gasteiger partial charge on any atom is -0.550 e. The zero-order valence-electron chi connectivity index (χ0n) is 13.4. The molecule has 0 bridgehead atoms. The van der Waals surface area contributed by atoms with Crippen molar-refractivity contribution in [2.75, 3.05) is 11.5 Å². The number of halogens is 2. The molecular weight excluding hydrogens is 385 g/mol. The Kier molecular flexibility index (Phi) is 8.53. The number of carboxylic acid groups (broad SMARTS) is 2. The maximum Gasteiger partial charge on any atom is 0.242 e. The van der Waals surface area contributed by atoms with Gasteiger partial charge in [-0.2, -0.15) is 4.98 Å². The average molecular weight is 400 g/mol. The van der Waals surface area contributed by atoms with E-state index in [9.17, 15) is 19.8 Å². The molecule has 0 spiro atoms. The van der Waals surface area contributed by atoms with E-state index in [0.29, 0.717) is 34.1 Å². The van der Waals surface area contributed by atoms with Crippen LogP contribution in [0.1, 0.15) is 25.7 Å². The monoisotopic (exact) mass is 399 g/mol. The van der Waals surface area contributed by atoms with E-state index in [1.165, 1.54) is 0 Å². The summed E-state index contributed by atoms with van der Waals surface area (Å²) >= 11 is 11.9. The molecule has 0 amide bonds. The Labute approximate surface area is 159 Å². The number of nitrogens with zero attached hydrogens (tertiary/aromatic N) is 3. The fourth-order valence-electron chi connectivity index (χ4n) is 1.77. The molecule has 0 saturated carbocycles. The van der Waals surface area contributed by atoms with Gasteiger partial charge < -0.3 is 31.3 Å². The molecule has 4 N–H and O–H groups in total. The third-order valence-corrected chi connectivity index (χ3v) is 3.77. The van der Waals surface area contributed by atoms with E-state index in [-0.39, 0.29) is 24.6 Å².